The molecule has 1 heterocycles. The van der Waals surface area contributed by atoms with Crippen molar-refractivity contribution in [2.24, 2.45) is 0 Å². The van der Waals surface area contributed by atoms with Gasteiger partial charge in [0.25, 0.3) is 0 Å². The number of methoxy groups -OCH3 is 2. The normalized spacial score (nSPS) is 10.8. The van der Waals surface area contributed by atoms with Crippen LogP contribution in [0.4, 0.5) is 0 Å². The van der Waals surface area contributed by atoms with E-state index in [4.69, 9.17) is 13.9 Å². The highest BCUT2D eigenvalue weighted by molar-refractivity contribution is 5.89. The third kappa shape index (κ3) is 2.36. The van der Waals surface area contributed by atoms with E-state index in [1.54, 1.807) is 6.07 Å². The number of hydrogen-bond acceptors (Lipinski definition) is 7. The Bertz CT molecular complexity index is 988. The molecular formula is C17H14O7. The van der Waals surface area contributed by atoms with Crippen LogP contribution in [0.2, 0.25) is 0 Å². The summed E-state index contributed by atoms with van der Waals surface area (Å²) in [6.45, 7) is 0. The molecule has 0 radical (unpaired) electrons. The summed E-state index contributed by atoms with van der Waals surface area (Å²) < 4.78 is 15.5. The molecule has 3 N–H and O–H groups in total. The molecule has 3 aromatic rings. The first-order valence-electron chi connectivity index (χ1n) is 6.90. The second-order valence-electron chi connectivity index (χ2n) is 5.01. The summed E-state index contributed by atoms with van der Waals surface area (Å²) in [5.41, 5.74) is -0.0594. The number of fused-ring (bicyclic) bond motifs is 1. The fraction of sp³-hybridized carbons (Fsp3) is 0.118. The molecule has 1 aromatic heterocycles. The molecule has 0 aliphatic carbocycles. The highest BCUT2D eigenvalue weighted by atomic mass is 16.5. The molecule has 7 nitrogen and oxygen atoms in total. The van der Waals surface area contributed by atoms with Gasteiger partial charge in [0.15, 0.2) is 28.4 Å². The van der Waals surface area contributed by atoms with Crippen LogP contribution in [0.1, 0.15) is 0 Å². The second kappa shape index (κ2) is 5.69. The zero-order valence-electron chi connectivity index (χ0n) is 12.9. The Morgan fingerprint density at radius 2 is 1.62 bits per heavy atom. The minimum absolute atomic E-state index is 0.0297. The smallest absolute Gasteiger partial charge is 0.201 e. The molecule has 7 heteroatoms. The van der Waals surface area contributed by atoms with Crippen LogP contribution in [0.5, 0.6) is 28.7 Å². The van der Waals surface area contributed by atoms with Crippen LogP contribution in [-0.2, 0) is 0 Å². The summed E-state index contributed by atoms with van der Waals surface area (Å²) in [7, 11) is 2.73. The SMILES string of the molecule is COc1ccc(-c2cc(=O)c3c(O)c(O)c(OC)cc3o2)cc1O. The summed E-state index contributed by atoms with van der Waals surface area (Å²) in [5.74, 6) is -0.820. The highest BCUT2D eigenvalue weighted by Gasteiger charge is 2.18. The molecule has 124 valence electrons. The Kier molecular flexibility index (Phi) is 3.69. The van der Waals surface area contributed by atoms with Crippen molar-refractivity contribution in [1.82, 2.24) is 0 Å². The van der Waals surface area contributed by atoms with Gasteiger partial charge in [-0.2, -0.15) is 0 Å². The lowest BCUT2D eigenvalue weighted by atomic mass is 10.1. The topological polar surface area (TPSA) is 109 Å². The standard InChI is InChI=1S/C17H14O7/c1-22-11-4-3-8(5-9(11)18)12-6-10(19)15-13(24-12)7-14(23-2)16(20)17(15)21/h3-7,18,20-21H,1-2H3. The van der Waals surface area contributed by atoms with E-state index in [0.29, 0.717) is 5.56 Å². The monoisotopic (exact) mass is 330 g/mol. The number of phenolic OH excluding ortho intramolecular Hbond substituents is 3. The lowest BCUT2D eigenvalue weighted by Gasteiger charge is -2.10. The van der Waals surface area contributed by atoms with Crippen LogP contribution in [0.15, 0.2) is 39.5 Å². The maximum absolute atomic E-state index is 12.3. The van der Waals surface area contributed by atoms with Crippen molar-refractivity contribution in [2.75, 3.05) is 14.2 Å². The minimum atomic E-state index is -0.609. The molecule has 0 aliphatic heterocycles. The van der Waals surface area contributed by atoms with Crippen molar-refractivity contribution in [2.45, 2.75) is 0 Å². The van der Waals surface area contributed by atoms with E-state index >= 15 is 0 Å². The summed E-state index contributed by atoms with van der Waals surface area (Å²) >= 11 is 0. The summed E-state index contributed by atoms with van der Waals surface area (Å²) in [4.78, 5) is 12.3. The molecule has 0 fully saturated rings. The number of benzene rings is 2. The van der Waals surface area contributed by atoms with Gasteiger partial charge in [0.2, 0.25) is 5.75 Å². The maximum Gasteiger partial charge on any atom is 0.201 e. The van der Waals surface area contributed by atoms with Crippen LogP contribution in [0.3, 0.4) is 0 Å². The number of ether oxygens (including phenoxy) is 2. The third-order valence-corrected chi connectivity index (χ3v) is 3.61. The first kappa shape index (κ1) is 15.5. The molecule has 0 bridgehead atoms. The summed E-state index contributed by atoms with van der Waals surface area (Å²) in [6.07, 6.45) is 0. The number of aromatic hydroxyl groups is 3. The molecule has 3 rings (SSSR count). The molecular weight excluding hydrogens is 316 g/mol. The predicted molar refractivity (Wildman–Crippen MR) is 86.0 cm³/mol. The summed E-state index contributed by atoms with van der Waals surface area (Å²) in [5, 5.41) is 29.5. The van der Waals surface area contributed by atoms with E-state index in [1.807, 2.05) is 0 Å². The molecule has 0 spiro atoms. The van der Waals surface area contributed by atoms with E-state index in [2.05, 4.69) is 0 Å². The van der Waals surface area contributed by atoms with E-state index in [9.17, 15) is 20.1 Å². The van der Waals surface area contributed by atoms with Crippen molar-refractivity contribution < 1.29 is 29.2 Å². The highest BCUT2D eigenvalue weighted by Crippen LogP contribution is 2.41. The number of rotatable bonds is 3. The van der Waals surface area contributed by atoms with Gasteiger partial charge in [0, 0.05) is 17.7 Å². The Hall–Kier alpha value is -3.35. The number of hydrogen-bond donors (Lipinski definition) is 3. The molecule has 0 amide bonds. The van der Waals surface area contributed by atoms with Crippen LogP contribution >= 0.6 is 0 Å². The van der Waals surface area contributed by atoms with Crippen molar-refractivity contribution in [1.29, 1.82) is 0 Å². The quantitative estimate of drug-likeness (QED) is 0.633. The Morgan fingerprint density at radius 3 is 2.25 bits per heavy atom. The predicted octanol–water partition coefficient (Wildman–Crippen LogP) is 2.59. The Balaban J connectivity index is 2.26. The van der Waals surface area contributed by atoms with Crippen LogP contribution < -0.4 is 14.9 Å². The van der Waals surface area contributed by atoms with E-state index in [0.717, 1.165) is 6.07 Å². The lowest BCUT2D eigenvalue weighted by Crippen LogP contribution is -2.01. The Labute approximate surface area is 135 Å². The molecule has 24 heavy (non-hydrogen) atoms. The van der Waals surface area contributed by atoms with Crippen molar-refractivity contribution >= 4 is 11.0 Å². The first-order chi connectivity index (χ1) is 11.5. The van der Waals surface area contributed by atoms with Gasteiger partial charge in [-0.25, -0.2) is 0 Å². The molecule has 2 aromatic carbocycles. The van der Waals surface area contributed by atoms with E-state index in [-0.39, 0.29) is 34.0 Å². The molecule has 0 atom stereocenters. The fourth-order valence-corrected chi connectivity index (χ4v) is 2.41. The van der Waals surface area contributed by atoms with Gasteiger partial charge in [-0.3, -0.25) is 4.79 Å². The van der Waals surface area contributed by atoms with Crippen LogP contribution in [-0.4, -0.2) is 29.5 Å². The number of phenols is 3. The Morgan fingerprint density at radius 1 is 0.917 bits per heavy atom. The van der Waals surface area contributed by atoms with Crippen LogP contribution in [0, 0.1) is 0 Å². The maximum atomic E-state index is 12.3. The minimum Gasteiger partial charge on any atom is -0.504 e. The van der Waals surface area contributed by atoms with Crippen molar-refractivity contribution in [3.8, 4) is 40.1 Å². The average Bonchev–Trinajstić information content (AvgIpc) is 2.57. The first-order valence-corrected chi connectivity index (χ1v) is 6.90. The zero-order chi connectivity index (χ0) is 17.4. The van der Waals surface area contributed by atoms with Gasteiger partial charge in [-0.15, -0.1) is 0 Å². The third-order valence-electron chi connectivity index (χ3n) is 3.61. The van der Waals surface area contributed by atoms with Gasteiger partial charge >= 0.3 is 0 Å². The van der Waals surface area contributed by atoms with E-state index < -0.39 is 16.9 Å². The average molecular weight is 330 g/mol. The van der Waals surface area contributed by atoms with Gasteiger partial charge in [0.05, 0.1) is 14.2 Å². The zero-order valence-corrected chi connectivity index (χ0v) is 12.9. The molecule has 0 aliphatic rings. The van der Waals surface area contributed by atoms with Crippen molar-refractivity contribution in [3.63, 3.8) is 0 Å². The molecule has 0 saturated carbocycles. The molecule has 0 saturated heterocycles. The van der Waals surface area contributed by atoms with Gasteiger partial charge < -0.3 is 29.2 Å². The van der Waals surface area contributed by atoms with Gasteiger partial charge in [0.1, 0.15) is 16.7 Å². The molecule has 0 unspecified atom stereocenters. The van der Waals surface area contributed by atoms with E-state index in [1.165, 1.54) is 32.4 Å². The van der Waals surface area contributed by atoms with Gasteiger partial charge in [-0.1, -0.05) is 0 Å². The lowest BCUT2D eigenvalue weighted by molar-refractivity contribution is 0.352. The van der Waals surface area contributed by atoms with Crippen LogP contribution in [0.25, 0.3) is 22.3 Å². The van der Waals surface area contributed by atoms with Crippen molar-refractivity contribution in [3.05, 3.63) is 40.6 Å². The largest absolute Gasteiger partial charge is 0.504 e. The van der Waals surface area contributed by atoms with Gasteiger partial charge in [-0.05, 0) is 18.2 Å². The summed E-state index contributed by atoms with van der Waals surface area (Å²) in [6, 6.07) is 7.00. The second-order valence-corrected chi connectivity index (χ2v) is 5.01. The fourth-order valence-electron chi connectivity index (χ4n) is 2.41.